The summed E-state index contributed by atoms with van der Waals surface area (Å²) in [6, 6.07) is 3.73. The molecule has 0 radical (unpaired) electrons. The number of anilines is 1. The second-order valence-electron chi connectivity index (χ2n) is 6.64. The molecule has 1 aromatic carbocycles. The minimum Gasteiger partial charge on any atom is -0.274 e. The van der Waals surface area contributed by atoms with Crippen molar-refractivity contribution in [2.45, 2.75) is 20.3 Å². The van der Waals surface area contributed by atoms with Crippen LogP contribution in [0.2, 0.25) is 0 Å². The molecule has 2 aliphatic carbocycles. The number of carbonyl (C=O) groups is 2. The van der Waals surface area contributed by atoms with Crippen molar-refractivity contribution < 1.29 is 22.8 Å². The van der Waals surface area contributed by atoms with Gasteiger partial charge in [-0.2, -0.15) is 13.2 Å². The van der Waals surface area contributed by atoms with Gasteiger partial charge in [0.15, 0.2) is 4.33 Å². The number of carbonyl (C=O) groups excluding carboxylic acids is 2. The zero-order valence-corrected chi connectivity index (χ0v) is 17.7. The van der Waals surface area contributed by atoms with Gasteiger partial charge in [-0.25, -0.2) is 4.90 Å². The fraction of sp³-hybridized carbons (Fsp3) is 0.375. The molecule has 28 heavy (non-hydrogen) atoms. The number of amides is 2. The molecule has 1 saturated carbocycles. The number of hydrogen-bond donors (Lipinski definition) is 0. The van der Waals surface area contributed by atoms with E-state index in [9.17, 15) is 22.8 Å². The van der Waals surface area contributed by atoms with Gasteiger partial charge in [-0.1, -0.05) is 52.5 Å². The highest BCUT2D eigenvalue weighted by molar-refractivity contribution is 6.67. The number of halogens is 9. The van der Waals surface area contributed by atoms with Crippen LogP contribution in [0.25, 0.3) is 0 Å². The topological polar surface area (TPSA) is 37.4 Å². The highest BCUT2D eigenvalue weighted by Crippen LogP contribution is 2.77. The molecule has 1 aliphatic heterocycles. The molecule has 0 spiro atoms. The molecule has 0 unspecified atom stereocenters. The quantitative estimate of drug-likeness (QED) is 0.359. The first-order valence-electron chi connectivity index (χ1n) is 7.59. The first kappa shape index (κ1) is 20.9. The molecule has 1 heterocycles. The van der Waals surface area contributed by atoms with Crippen LogP contribution in [-0.4, -0.2) is 25.9 Å². The van der Waals surface area contributed by atoms with E-state index in [0.717, 1.165) is 12.1 Å². The number of benzene rings is 1. The van der Waals surface area contributed by atoms with E-state index in [-0.39, 0.29) is 15.8 Å². The molecule has 12 heteroatoms. The monoisotopic (exact) mass is 511 g/mol. The summed E-state index contributed by atoms with van der Waals surface area (Å²) in [5.74, 6) is -4.64. The van der Waals surface area contributed by atoms with Crippen LogP contribution in [0.5, 0.6) is 0 Å². The van der Waals surface area contributed by atoms with Crippen LogP contribution in [0, 0.1) is 11.8 Å². The van der Waals surface area contributed by atoms with Gasteiger partial charge in [0.05, 0.1) is 33.2 Å². The molecule has 4 atom stereocenters. The van der Waals surface area contributed by atoms with Crippen LogP contribution < -0.4 is 4.90 Å². The van der Waals surface area contributed by atoms with Crippen molar-refractivity contribution in [1.29, 1.82) is 0 Å². The van der Waals surface area contributed by atoms with Crippen molar-refractivity contribution in [2.75, 3.05) is 4.90 Å². The molecule has 4 rings (SSSR count). The lowest BCUT2D eigenvalue weighted by atomic mass is 9.84. The van der Waals surface area contributed by atoms with Crippen LogP contribution in [0.4, 0.5) is 18.9 Å². The summed E-state index contributed by atoms with van der Waals surface area (Å²) in [6.07, 6.45) is -4.67. The second-order valence-corrected chi connectivity index (χ2v) is 9.92. The number of allylic oxidation sites excluding steroid dienone is 2. The lowest BCUT2D eigenvalue weighted by Crippen LogP contribution is -2.50. The Bertz CT molecular complexity index is 933. The molecule has 2 amide bonds. The van der Waals surface area contributed by atoms with Crippen LogP contribution in [0.3, 0.4) is 0 Å². The van der Waals surface area contributed by atoms with Gasteiger partial charge in [0.2, 0.25) is 11.8 Å². The fourth-order valence-corrected chi connectivity index (χ4v) is 7.00. The smallest absolute Gasteiger partial charge is 0.274 e. The van der Waals surface area contributed by atoms with Gasteiger partial charge in [-0.15, -0.1) is 23.2 Å². The van der Waals surface area contributed by atoms with Crippen molar-refractivity contribution in [3.63, 3.8) is 0 Å². The molecule has 0 aromatic heterocycles. The average molecular weight is 514 g/mol. The number of hydrogen-bond acceptors (Lipinski definition) is 2. The van der Waals surface area contributed by atoms with E-state index in [4.69, 9.17) is 69.6 Å². The molecule has 1 saturated heterocycles. The van der Waals surface area contributed by atoms with E-state index in [1.807, 2.05) is 0 Å². The van der Waals surface area contributed by atoms with E-state index >= 15 is 0 Å². The summed E-state index contributed by atoms with van der Waals surface area (Å²) in [6.45, 7) is 0. The second kappa shape index (κ2) is 5.86. The summed E-state index contributed by atoms with van der Waals surface area (Å²) < 4.78 is 37.0. The minimum atomic E-state index is -4.67. The Labute approximate surface area is 186 Å². The van der Waals surface area contributed by atoms with Crippen molar-refractivity contribution in [3.05, 3.63) is 39.9 Å². The number of fused-ring (bicyclic) bond motifs is 5. The number of alkyl halides is 7. The van der Waals surface area contributed by atoms with Gasteiger partial charge in [-0.05, 0) is 18.2 Å². The summed E-state index contributed by atoms with van der Waals surface area (Å²) in [5, 5.41) is -0.548. The van der Waals surface area contributed by atoms with E-state index in [0.29, 0.717) is 11.0 Å². The lowest BCUT2D eigenvalue weighted by molar-refractivity contribution is -0.137. The Balaban J connectivity index is 1.87. The third kappa shape index (κ3) is 2.12. The fourth-order valence-electron chi connectivity index (χ4n) is 4.07. The third-order valence-electron chi connectivity index (χ3n) is 5.34. The van der Waals surface area contributed by atoms with Crippen molar-refractivity contribution >= 4 is 87.1 Å². The predicted octanol–water partition coefficient (Wildman–Crippen LogP) is 5.66. The van der Waals surface area contributed by atoms with Gasteiger partial charge in [-0.3, -0.25) is 9.59 Å². The Morgan fingerprint density at radius 1 is 0.893 bits per heavy atom. The zero-order valence-electron chi connectivity index (χ0n) is 13.1. The molecular weight excluding hydrogens is 508 g/mol. The van der Waals surface area contributed by atoms with Gasteiger partial charge in [0.25, 0.3) is 0 Å². The molecule has 2 fully saturated rings. The first-order valence-corrected chi connectivity index (χ1v) is 9.86. The summed E-state index contributed by atoms with van der Waals surface area (Å²) in [4.78, 5) is 22.7. The van der Waals surface area contributed by atoms with E-state index in [1.54, 1.807) is 0 Å². The molecular formula is C16H6Cl6F3NO2. The number of imide groups is 1. The molecule has 2 bridgehead atoms. The Kier molecular flexibility index (Phi) is 4.37. The minimum absolute atomic E-state index is 0.274. The van der Waals surface area contributed by atoms with Crippen LogP contribution in [0.15, 0.2) is 34.3 Å². The molecule has 1 aromatic rings. The van der Waals surface area contributed by atoms with Crippen LogP contribution >= 0.6 is 69.6 Å². The van der Waals surface area contributed by atoms with Crippen LogP contribution in [-0.2, 0) is 15.8 Å². The maximum Gasteiger partial charge on any atom is 0.416 e. The first-order chi connectivity index (χ1) is 12.7. The maximum absolute atomic E-state index is 13.1. The summed E-state index contributed by atoms with van der Waals surface area (Å²) >= 11 is 38.1. The van der Waals surface area contributed by atoms with E-state index < -0.39 is 49.5 Å². The summed E-state index contributed by atoms with van der Waals surface area (Å²) in [5.41, 5.74) is -1.33. The van der Waals surface area contributed by atoms with Crippen LogP contribution in [0.1, 0.15) is 5.56 Å². The molecule has 3 aliphatic rings. The largest absolute Gasteiger partial charge is 0.416 e. The van der Waals surface area contributed by atoms with Gasteiger partial charge in [0, 0.05) is 0 Å². The Morgan fingerprint density at radius 2 is 1.36 bits per heavy atom. The average Bonchev–Trinajstić information content (AvgIpc) is 2.99. The lowest BCUT2D eigenvalue weighted by Gasteiger charge is -2.34. The number of nitrogens with zero attached hydrogens (tertiary/aromatic N) is 1. The van der Waals surface area contributed by atoms with Gasteiger partial charge < -0.3 is 0 Å². The van der Waals surface area contributed by atoms with E-state index in [1.165, 1.54) is 6.07 Å². The van der Waals surface area contributed by atoms with E-state index in [2.05, 4.69) is 0 Å². The Hall–Kier alpha value is -0.370. The highest BCUT2D eigenvalue weighted by atomic mass is 35.5. The standard InChI is InChI=1S/C16H6Cl6F3NO2/c17-9-10(18)14(20)8-7(13(9,19)16(14,21)22)11(27)26(12(8)28)6-3-1-2-5(4-6)15(23,24)25/h1-4,7-8H/t7-,8-,13-,14-/m1/s1. The van der Waals surface area contributed by atoms with Gasteiger partial charge >= 0.3 is 6.18 Å². The third-order valence-corrected chi connectivity index (χ3v) is 9.60. The Morgan fingerprint density at radius 3 is 1.79 bits per heavy atom. The van der Waals surface area contributed by atoms with Crippen molar-refractivity contribution in [3.8, 4) is 0 Å². The zero-order chi connectivity index (χ0) is 21.0. The molecule has 3 nitrogen and oxygen atoms in total. The van der Waals surface area contributed by atoms with Gasteiger partial charge in [0.1, 0.15) is 9.75 Å². The summed E-state index contributed by atoms with van der Waals surface area (Å²) in [7, 11) is 0. The maximum atomic E-state index is 13.1. The highest BCUT2D eigenvalue weighted by Gasteiger charge is 2.87. The molecule has 150 valence electrons. The normalized spacial score (nSPS) is 36.5. The van der Waals surface area contributed by atoms with Crippen molar-refractivity contribution in [1.82, 2.24) is 0 Å². The predicted molar refractivity (Wildman–Crippen MR) is 101 cm³/mol. The molecule has 0 N–H and O–H groups in total. The number of rotatable bonds is 1. The van der Waals surface area contributed by atoms with Crippen molar-refractivity contribution in [2.24, 2.45) is 11.8 Å². The SMILES string of the molecule is O=C1[C@H]2[C@H](C(=O)N1c1cccc(C(F)(F)F)c1)[C@@]1(Cl)C(Cl)=C(Cl)[C@@]2(Cl)C1(Cl)Cl.